The Balaban J connectivity index is 0.00000441. The minimum Gasteiger partial charge on any atom is -0.494 e. The highest BCUT2D eigenvalue weighted by atomic mass is 35.5. The van der Waals surface area contributed by atoms with Gasteiger partial charge in [0.05, 0.1) is 36.0 Å². The molecule has 2 aromatic rings. The standard InChI is InChI=1S/C28H43ClN6O3S.CH4/c1-28(2,3)35-15-13-34(14-16-35)21-11-12-23(26(18-21)38-5)31-27-30-19-22(29)24(32-27)17-20-9-7-8-10-25(20)33(4)39(6,36)37;/h11-12,18-20,25H,7-10,13-17H2,1-6H3,(H,30,31,32);1H4/t20-,25+;/m0./s1. The fourth-order valence-electron chi connectivity index (χ4n) is 5.74. The number of anilines is 3. The molecule has 4 rings (SSSR count). The summed E-state index contributed by atoms with van der Waals surface area (Å²) in [5.74, 6) is 1.29. The van der Waals surface area contributed by atoms with Gasteiger partial charge in [-0.15, -0.1) is 0 Å². The van der Waals surface area contributed by atoms with Crippen LogP contribution in [0.5, 0.6) is 5.75 Å². The Kier molecular flexibility index (Phi) is 10.7. The van der Waals surface area contributed by atoms with Crippen LogP contribution in [0.4, 0.5) is 17.3 Å². The van der Waals surface area contributed by atoms with E-state index in [1.54, 1.807) is 20.4 Å². The Morgan fingerprint density at radius 3 is 2.45 bits per heavy atom. The maximum absolute atomic E-state index is 12.2. The van der Waals surface area contributed by atoms with Crippen molar-refractivity contribution in [2.75, 3.05) is 56.8 Å². The van der Waals surface area contributed by atoms with Crippen LogP contribution in [-0.2, 0) is 16.4 Å². The van der Waals surface area contributed by atoms with Gasteiger partial charge in [-0.1, -0.05) is 31.9 Å². The Morgan fingerprint density at radius 2 is 1.82 bits per heavy atom. The lowest BCUT2D eigenvalue weighted by Gasteiger charge is -2.43. The number of methoxy groups -OCH3 is 1. The van der Waals surface area contributed by atoms with Crippen molar-refractivity contribution < 1.29 is 13.2 Å². The molecule has 1 aromatic heterocycles. The summed E-state index contributed by atoms with van der Waals surface area (Å²) in [6.07, 6.45) is 7.35. The van der Waals surface area contributed by atoms with E-state index in [-0.39, 0.29) is 24.9 Å². The molecule has 9 nitrogen and oxygen atoms in total. The van der Waals surface area contributed by atoms with Crippen LogP contribution >= 0.6 is 11.6 Å². The van der Waals surface area contributed by atoms with Gasteiger partial charge in [0.15, 0.2) is 0 Å². The number of ether oxygens (including phenoxy) is 1. The van der Waals surface area contributed by atoms with Crippen LogP contribution in [0.3, 0.4) is 0 Å². The third-order valence-electron chi connectivity index (χ3n) is 8.16. The molecule has 1 saturated carbocycles. The van der Waals surface area contributed by atoms with E-state index in [0.717, 1.165) is 68.9 Å². The summed E-state index contributed by atoms with van der Waals surface area (Å²) in [5.41, 5.74) is 2.80. The molecule has 2 aliphatic rings. The van der Waals surface area contributed by atoms with Gasteiger partial charge in [0, 0.05) is 56.6 Å². The molecule has 1 saturated heterocycles. The number of sulfonamides is 1. The maximum Gasteiger partial charge on any atom is 0.227 e. The SMILES string of the molecule is C.COc1cc(N2CCN(C(C)(C)C)CC2)ccc1Nc1ncc(Cl)c(C[C@@H]2CCCC[C@H]2N(C)S(C)(=O)=O)n1. The van der Waals surface area contributed by atoms with Crippen LogP contribution < -0.4 is 15.0 Å². The van der Waals surface area contributed by atoms with Gasteiger partial charge in [0.25, 0.3) is 0 Å². The molecule has 2 heterocycles. The molecule has 40 heavy (non-hydrogen) atoms. The lowest BCUT2D eigenvalue weighted by molar-refractivity contribution is 0.128. The number of aromatic nitrogens is 2. The first kappa shape index (κ1) is 32.4. The van der Waals surface area contributed by atoms with E-state index in [2.05, 4.69) is 53.0 Å². The highest BCUT2D eigenvalue weighted by molar-refractivity contribution is 7.88. The van der Waals surface area contributed by atoms with E-state index < -0.39 is 10.0 Å². The molecule has 0 radical (unpaired) electrons. The molecule has 2 fully saturated rings. The first-order valence-corrected chi connectivity index (χ1v) is 16.0. The predicted octanol–water partition coefficient (Wildman–Crippen LogP) is 5.43. The van der Waals surface area contributed by atoms with Crippen molar-refractivity contribution in [1.29, 1.82) is 0 Å². The lowest BCUT2D eigenvalue weighted by atomic mass is 9.81. The number of hydrogen-bond donors (Lipinski definition) is 1. The van der Waals surface area contributed by atoms with E-state index in [0.29, 0.717) is 23.1 Å². The van der Waals surface area contributed by atoms with Crippen molar-refractivity contribution >= 4 is 38.9 Å². The zero-order chi connectivity index (χ0) is 28.4. The number of rotatable bonds is 8. The summed E-state index contributed by atoms with van der Waals surface area (Å²) in [5, 5.41) is 3.79. The third kappa shape index (κ3) is 7.78. The second kappa shape index (κ2) is 13.2. The van der Waals surface area contributed by atoms with Gasteiger partial charge in [-0.3, -0.25) is 4.90 Å². The van der Waals surface area contributed by atoms with Crippen molar-refractivity contribution in [3.05, 3.63) is 35.1 Å². The van der Waals surface area contributed by atoms with Crippen LogP contribution in [0.25, 0.3) is 0 Å². The average Bonchev–Trinajstić information content (AvgIpc) is 2.90. The molecule has 0 spiro atoms. The Morgan fingerprint density at radius 1 is 1.15 bits per heavy atom. The van der Waals surface area contributed by atoms with Gasteiger partial charge in [-0.2, -0.15) is 0 Å². The molecule has 1 aliphatic carbocycles. The summed E-state index contributed by atoms with van der Waals surface area (Å²) in [6.45, 7) is 10.8. The Labute approximate surface area is 246 Å². The number of piperazine rings is 1. The molecular weight excluding hydrogens is 548 g/mol. The monoisotopic (exact) mass is 594 g/mol. The first-order chi connectivity index (χ1) is 18.4. The van der Waals surface area contributed by atoms with Crippen molar-refractivity contribution in [3.8, 4) is 5.75 Å². The van der Waals surface area contributed by atoms with Crippen molar-refractivity contribution in [2.24, 2.45) is 5.92 Å². The zero-order valence-electron chi connectivity index (χ0n) is 24.1. The summed E-state index contributed by atoms with van der Waals surface area (Å²) in [4.78, 5) is 14.1. The first-order valence-electron chi connectivity index (χ1n) is 13.8. The molecular formula is C29H47ClN6O3S. The van der Waals surface area contributed by atoms with Crippen molar-refractivity contribution in [2.45, 2.75) is 71.9 Å². The molecule has 1 aliphatic heterocycles. The third-order valence-corrected chi connectivity index (χ3v) is 9.79. The quantitative estimate of drug-likeness (QED) is 0.432. The van der Waals surface area contributed by atoms with Crippen molar-refractivity contribution in [3.63, 3.8) is 0 Å². The van der Waals surface area contributed by atoms with Crippen LogP contribution in [0, 0.1) is 5.92 Å². The molecule has 0 bridgehead atoms. The maximum atomic E-state index is 12.2. The second-order valence-corrected chi connectivity index (χ2v) is 14.2. The van der Waals surface area contributed by atoms with E-state index >= 15 is 0 Å². The van der Waals surface area contributed by atoms with Gasteiger partial charge in [-0.05, 0) is 58.1 Å². The normalized spacial score (nSPS) is 20.8. The number of benzene rings is 1. The summed E-state index contributed by atoms with van der Waals surface area (Å²) >= 11 is 6.52. The number of nitrogens with one attached hydrogen (secondary N) is 1. The van der Waals surface area contributed by atoms with Crippen LogP contribution in [0.15, 0.2) is 24.4 Å². The molecule has 1 N–H and O–H groups in total. The van der Waals surface area contributed by atoms with Gasteiger partial charge in [-0.25, -0.2) is 22.7 Å². The van der Waals surface area contributed by atoms with E-state index in [1.165, 1.54) is 10.6 Å². The molecule has 11 heteroatoms. The van der Waals surface area contributed by atoms with Gasteiger partial charge in [0.2, 0.25) is 16.0 Å². The topological polar surface area (TPSA) is 90.9 Å². The fraction of sp³-hybridized carbons (Fsp3) is 0.655. The van der Waals surface area contributed by atoms with Crippen LogP contribution in [-0.4, -0.2) is 85.8 Å². The number of hydrogen-bond acceptors (Lipinski definition) is 8. The highest BCUT2D eigenvalue weighted by Crippen LogP contribution is 2.35. The second-order valence-electron chi connectivity index (χ2n) is 11.7. The summed E-state index contributed by atoms with van der Waals surface area (Å²) in [6, 6.07) is 6.09. The summed E-state index contributed by atoms with van der Waals surface area (Å²) < 4.78 is 31.7. The largest absolute Gasteiger partial charge is 0.494 e. The Bertz CT molecular complexity index is 1240. The van der Waals surface area contributed by atoms with Crippen molar-refractivity contribution in [1.82, 2.24) is 19.2 Å². The van der Waals surface area contributed by atoms with Gasteiger partial charge in [0.1, 0.15) is 5.75 Å². The van der Waals surface area contributed by atoms with E-state index in [9.17, 15) is 8.42 Å². The zero-order valence-corrected chi connectivity index (χ0v) is 25.6. The molecule has 2 atom stereocenters. The molecule has 0 amide bonds. The molecule has 1 aromatic carbocycles. The summed E-state index contributed by atoms with van der Waals surface area (Å²) in [7, 11) is 0.0580. The predicted molar refractivity (Wildman–Crippen MR) is 166 cm³/mol. The minimum atomic E-state index is -3.28. The molecule has 0 unspecified atom stereocenters. The van der Waals surface area contributed by atoms with Gasteiger partial charge < -0.3 is 15.0 Å². The fourth-order valence-corrected chi connectivity index (χ4v) is 6.68. The number of nitrogens with zero attached hydrogens (tertiary/aromatic N) is 5. The minimum absolute atomic E-state index is 0. The van der Waals surface area contributed by atoms with E-state index in [1.807, 2.05) is 6.07 Å². The number of halogens is 1. The highest BCUT2D eigenvalue weighted by Gasteiger charge is 2.33. The smallest absolute Gasteiger partial charge is 0.227 e. The lowest BCUT2D eigenvalue weighted by Crippen LogP contribution is -2.53. The van der Waals surface area contributed by atoms with Crippen LogP contribution in [0.1, 0.15) is 59.6 Å². The van der Waals surface area contributed by atoms with Crippen LogP contribution in [0.2, 0.25) is 5.02 Å². The van der Waals surface area contributed by atoms with Gasteiger partial charge >= 0.3 is 0 Å². The Hall–Kier alpha value is -2.14. The molecule has 224 valence electrons. The average molecular weight is 595 g/mol. The van der Waals surface area contributed by atoms with E-state index in [4.69, 9.17) is 21.3 Å².